The highest BCUT2D eigenvalue weighted by molar-refractivity contribution is 6.32. The average Bonchev–Trinajstić information content (AvgIpc) is 2.95. The standard InChI is InChI=1S/C19H22ClN3O5/c20-13-9-11(10-14-15(13)28-8-7-27-14)3-6-21-16(24)12-1-4-19(5-2-12)17(25)22-18(26)23-19/h9-10,12H,1-8H2,(H,21,24)(H2,22,23,25,26). The van der Waals surface area contributed by atoms with Crippen LogP contribution < -0.4 is 25.4 Å². The first-order valence-corrected chi connectivity index (χ1v) is 9.84. The van der Waals surface area contributed by atoms with Gasteiger partial charge in [-0.2, -0.15) is 0 Å². The summed E-state index contributed by atoms with van der Waals surface area (Å²) in [5.74, 6) is 0.740. The zero-order valence-electron chi connectivity index (χ0n) is 15.3. The lowest BCUT2D eigenvalue weighted by Crippen LogP contribution is -2.50. The number of urea groups is 1. The van der Waals surface area contributed by atoms with E-state index in [2.05, 4.69) is 16.0 Å². The molecule has 28 heavy (non-hydrogen) atoms. The van der Waals surface area contributed by atoms with Gasteiger partial charge in [-0.1, -0.05) is 11.6 Å². The molecular formula is C19H22ClN3O5. The average molecular weight is 408 g/mol. The van der Waals surface area contributed by atoms with E-state index in [0.29, 0.717) is 68.4 Å². The second-order valence-corrected chi connectivity index (χ2v) is 7.81. The normalized spacial score (nSPS) is 26.0. The van der Waals surface area contributed by atoms with Crippen LogP contribution in [0, 0.1) is 5.92 Å². The topological polar surface area (TPSA) is 106 Å². The summed E-state index contributed by atoms with van der Waals surface area (Å²) < 4.78 is 11.1. The Kier molecular flexibility index (Phi) is 5.05. The molecule has 0 aromatic heterocycles. The van der Waals surface area contributed by atoms with Gasteiger partial charge in [0.25, 0.3) is 5.91 Å². The van der Waals surface area contributed by atoms with Gasteiger partial charge in [0.15, 0.2) is 11.5 Å². The van der Waals surface area contributed by atoms with E-state index in [-0.39, 0.29) is 17.7 Å². The number of hydrogen-bond donors (Lipinski definition) is 3. The molecule has 0 unspecified atom stereocenters. The number of hydrogen-bond acceptors (Lipinski definition) is 5. The third-order valence-corrected chi connectivity index (χ3v) is 5.87. The Morgan fingerprint density at radius 1 is 1.21 bits per heavy atom. The minimum atomic E-state index is -0.837. The fraction of sp³-hybridized carbons (Fsp3) is 0.526. The Morgan fingerprint density at radius 2 is 1.96 bits per heavy atom. The van der Waals surface area contributed by atoms with E-state index < -0.39 is 11.6 Å². The molecule has 3 aliphatic rings. The fourth-order valence-electron chi connectivity index (χ4n) is 4.04. The van der Waals surface area contributed by atoms with Gasteiger partial charge in [-0.3, -0.25) is 14.9 Å². The molecule has 2 heterocycles. The molecule has 4 amide bonds. The van der Waals surface area contributed by atoms with Crippen molar-refractivity contribution in [3.8, 4) is 11.5 Å². The van der Waals surface area contributed by atoms with E-state index in [1.807, 2.05) is 12.1 Å². The molecule has 1 spiro atoms. The predicted octanol–water partition coefficient (Wildman–Crippen LogP) is 1.54. The van der Waals surface area contributed by atoms with Crippen molar-refractivity contribution >= 4 is 29.4 Å². The molecular weight excluding hydrogens is 386 g/mol. The van der Waals surface area contributed by atoms with Gasteiger partial charge in [0.1, 0.15) is 18.8 Å². The molecule has 2 aliphatic heterocycles. The Labute approximate surface area is 167 Å². The van der Waals surface area contributed by atoms with Gasteiger partial charge < -0.3 is 20.1 Å². The zero-order valence-corrected chi connectivity index (χ0v) is 16.1. The van der Waals surface area contributed by atoms with Crippen molar-refractivity contribution in [1.82, 2.24) is 16.0 Å². The van der Waals surface area contributed by atoms with Crippen molar-refractivity contribution in [3.05, 3.63) is 22.7 Å². The highest BCUT2D eigenvalue weighted by Gasteiger charge is 2.48. The summed E-state index contributed by atoms with van der Waals surface area (Å²) in [6.45, 7) is 1.45. The van der Waals surface area contributed by atoms with Crippen molar-refractivity contribution in [2.45, 2.75) is 37.6 Å². The third-order valence-electron chi connectivity index (χ3n) is 5.59. The van der Waals surface area contributed by atoms with Crippen molar-refractivity contribution in [1.29, 1.82) is 0 Å². The summed E-state index contributed by atoms with van der Waals surface area (Å²) in [5.41, 5.74) is 0.123. The summed E-state index contributed by atoms with van der Waals surface area (Å²) in [6, 6.07) is 3.26. The van der Waals surface area contributed by atoms with E-state index >= 15 is 0 Å². The molecule has 0 radical (unpaired) electrons. The molecule has 9 heteroatoms. The molecule has 1 aliphatic carbocycles. The second kappa shape index (κ2) is 7.50. The van der Waals surface area contributed by atoms with Gasteiger partial charge in [0.2, 0.25) is 5.91 Å². The Bertz CT molecular complexity index is 820. The van der Waals surface area contributed by atoms with E-state index in [0.717, 1.165) is 5.56 Å². The largest absolute Gasteiger partial charge is 0.486 e. The van der Waals surface area contributed by atoms with Gasteiger partial charge in [0.05, 0.1) is 5.02 Å². The summed E-state index contributed by atoms with van der Waals surface area (Å²) >= 11 is 6.24. The van der Waals surface area contributed by atoms with Gasteiger partial charge >= 0.3 is 6.03 Å². The molecule has 0 atom stereocenters. The van der Waals surface area contributed by atoms with Crippen LogP contribution in [0.25, 0.3) is 0 Å². The van der Waals surface area contributed by atoms with E-state index in [4.69, 9.17) is 21.1 Å². The number of benzene rings is 1. The Morgan fingerprint density at radius 3 is 2.68 bits per heavy atom. The number of nitrogens with one attached hydrogen (secondary N) is 3. The number of fused-ring (bicyclic) bond motifs is 1. The summed E-state index contributed by atoms with van der Waals surface area (Å²) in [5, 5.41) is 8.45. The van der Waals surface area contributed by atoms with Crippen molar-refractivity contribution in [2.24, 2.45) is 5.92 Å². The molecule has 2 fully saturated rings. The Hall–Kier alpha value is -2.48. The van der Waals surface area contributed by atoms with E-state index in [1.54, 1.807) is 0 Å². The molecule has 4 rings (SSSR count). The van der Waals surface area contributed by atoms with Crippen LogP contribution in [0.3, 0.4) is 0 Å². The van der Waals surface area contributed by atoms with Crippen LogP contribution >= 0.6 is 11.6 Å². The molecule has 1 aromatic rings. The number of amides is 4. The zero-order chi connectivity index (χ0) is 19.7. The number of imide groups is 1. The highest BCUT2D eigenvalue weighted by atomic mass is 35.5. The molecule has 0 bridgehead atoms. The highest BCUT2D eigenvalue weighted by Crippen LogP contribution is 2.38. The monoisotopic (exact) mass is 407 g/mol. The lowest BCUT2D eigenvalue weighted by molar-refractivity contribution is -0.130. The van der Waals surface area contributed by atoms with Gasteiger partial charge in [0, 0.05) is 12.5 Å². The first kappa shape index (κ1) is 18.9. The second-order valence-electron chi connectivity index (χ2n) is 7.41. The van der Waals surface area contributed by atoms with Crippen LogP contribution in [0.1, 0.15) is 31.2 Å². The Balaban J connectivity index is 1.27. The third kappa shape index (κ3) is 3.61. The minimum Gasteiger partial charge on any atom is -0.486 e. The smallest absolute Gasteiger partial charge is 0.322 e. The van der Waals surface area contributed by atoms with E-state index in [1.165, 1.54) is 0 Å². The number of ether oxygens (including phenoxy) is 2. The summed E-state index contributed by atoms with van der Waals surface area (Å²) in [4.78, 5) is 35.8. The number of carbonyl (C=O) groups is 3. The molecule has 1 aromatic carbocycles. The van der Waals surface area contributed by atoms with E-state index in [9.17, 15) is 14.4 Å². The molecule has 1 saturated heterocycles. The predicted molar refractivity (Wildman–Crippen MR) is 101 cm³/mol. The van der Waals surface area contributed by atoms with Crippen molar-refractivity contribution < 1.29 is 23.9 Å². The van der Waals surface area contributed by atoms with Crippen LogP contribution in [0.4, 0.5) is 4.79 Å². The van der Waals surface area contributed by atoms with Crippen molar-refractivity contribution in [3.63, 3.8) is 0 Å². The molecule has 3 N–H and O–H groups in total. The maximum absolute atomic E-state index is 12.5. The molecule has 8 nitrogen and oxygen atoms in total. The molecule has 150 valence electrons. The quantitative estimate of drug-likeness (QED) is 0.656. The van der Waals surface area contributed by atoms with Crippen LogP contribution in [-0.2, 0) is 16.0 Å². The van der Waals surface area contributed by atoms with Crippen LogP contribution in [0.5, 0.6) is 11.5 Å². The van der Waals surface area contributed by atoms with Gasteiger partial charge in [-0.15, -0.1) is 0 Å². The fourth-order valence-corrected chi connectivity index (χ4v) is 4.32. The SMILES string of the molecule is O=C1NC(=O)C2(CCC(C(=O)NCCc3cc(Cl)c4c(c3)OCCO4)CC2)N1. The minimum absolute atomic E-state index is 0.0248. The molecule has 1 saturated carbocycles. The number of halogens is 1. The summed E-state index contributed by atoms with van der Waals surface area (Å²) in [7, 11) is 0. The van der Waals surface area contributed by atoms with Crippen LogP contribution in [0.2, 0.25) is 5.02 Å². The van der Waals surface area contributed by atoms with Gasteiger partial charge in [-0.25, -0.2) is 4.79 Å². The first-order chi connectivity index (χ1) is 13.5. The van der Waals surface area contributed by atoms with Gasteiger partial charge in [-0.05, 0) is 49.8 Å². The van der Waals surface area contributed by atoms with Crippen LogP contribution in [-0.4, -0.2) is 43.1 Å². The number of carbonyl (C=O) groups excluding carboxylic acids is 3. The lowest BCUT2D eigenvalue weighted by Gasteiger charge is -2.33. The van der Waals surface area contributed by atoms with Crippen LogP contribution in [0.15, 0.2) is 12.1 Å². The first-order valence-electron chi connectivity index (χ1n) is 9.46. The maximum Gasteiger partial charge on any atom is 0.322 e. The summed E-state index contributed by atoms with van der Waals surface area (Å²) in [6.07, 6.45) is 2.70. The number of rotatable bonds is 4. The maximum atomic E-state index is 12.5. The lowest BCUT2D eigenvalue weighted by atomic mass is 9.76. The van der Waals surface area contributed by atoms with Crippen molar-refractivity contribution in [2.75, 3.05) is 19.8 Å².